The number of benzene rings is 2. The van der Waals surface area contributed by atoms with Gasteiger partial charge in [0.2, 0.25) is 5.91 Å². The van der Waals surface area contributed by atoms with Gasteiger partial charge in [-0.1, -0.05) is 62.4 Å². The van der Waals surface area contributed by atoms with Gasteiger partial charge in [0.25, 0.3) is 0 Å². The number of carbonyl (C=O) groups excluding carboxylic acids is 1. The summed E-state index contributed by atoms with van der Waals surface area (Å²) in [5, 5.41) is 0. The molecule has 1 aliphatic rings. The highest BCUT2D eigenvalue weighted by Crippen LogP contribution is 2.25. The summed E-state index contributed by atoms with van der Waals surface area (Å²) in [5.41, 5.74) is 2.48. The van der Waals surface area contributed by atoms with Gasteiger partial charge in [-0.15, -0.1) is 0 Å². The molecule has 0 spiro atoms. The van der Waals surface area contributed by atoms with Crippen molar-refractivity contribution in [3.05, 3.63) is 66.2 Å². The minimum Gasteiger partial charge on any atom is -0.311 e. The molecule has 1 unspecified atom stereocenters. The van der Waals surface area contributed by atoms with Crippen LogP contribution >= 0.6 is 0 Å². The lowest BCUT2D eigenvalue weighted by molar-refractivity contribution is -0.118. The molecule has 3 nitrogen and oxygen atoms in total. The third kappa shape index (κ3) is 5.45. The SMILES string of the molecule is CCC(=O)N(CC(CC)N1CCC(Cc2ccccc2)CC1)c1ccccc1. The second kappa shape index (κ2) is 10.4. The molecule has 1 amide bonds. The summed E-state index contributed by atoms with van der Waals surface area (Å²) in [5.74, 6) is 0.988. The fraction of sp³-hybridized carbons (Fsp3) is 0.480. The first-order valence-corrected chi connectivity index (χ1v) is 10.8. The molecule has 28 heavy (non-hydrogen) atoms. The van der Waals surface area contributed by atoms with E-state index in [0.29, 0.717) is 12.5 Å². The maximum atomic E-state index is 12.6. The Morgan fingerprint density at radius 1 is 1.00 bits per heavy atom. The highest BCUT2D eigenvalue weighted by Gasteiger charge is 2.27. The van der Waals surface area contributed by atoms with Gasteiger partial charge in [0.1, 0.15) is 0 Å². The number of carbonyl (C=O) groups is 1. The smallest absolute Gasteiger partial charge is 0.226 e. The van der Waals surface area contributed by atoms with E-state index in [9.17, 15) is 4.79 Å². The Morgan fingerprint density at radius 2 is 1.61 bits per heavy atom. The van der Waals surface area contributed by atoms with E-state index in [-0.39, 0.29) is 5.91 Å². The van der Waals surface area contributed by atoms with Crippen molar-refractivity contribution in [2.24, 2.45) is 5.92 Å². The molecule has 150 valence electrons. The van der Waals surface area contributed by atoms with Crippen molar-refractivity contribution in [1.82, 2.24) is 4.90 Å². The normalized spacial score (nSPS) is 16.6. The first kappa shape index (κ1) is 20.6. The number of nitrogens with zero attached hydrogens (tertiary/aromatic N) is 2. The Balaban J connectivity index is 1.59. The predicted molar refractivity (Wildman–Crippen MR) is 118 cm³/mol. The summed E-state index contributed by atoms with van der Waals surface area (Å²) in [7, 11) is 0. The quantitative estimate of drug-likeness (QED) is 0.633. The van der Waals surface area contributed by atoms with Gasteiger partial charge in [-0.05, 0) is 62.4 Å². The summed E-state index contributed by atoms with van der Waals surface area (Å²) >= 11 is 0. The van der Waals surface area contributed by atoms with E-state index in [4.69, 9.17) is 0 Å². The Kier molecular flexibility index (Phi) is 7.67. The molecule has 0 aromatic heterocycles. The molecule has 0 radical (unpaired) electrons. The molecule has 1 fully saturated rings. The van der Waals surface area contributed by atoms with Gasteiger partial charge < -0.3 is 4.90 Å². The van der Waals surface area contributed by atoms with Crippen molar-refractivity contribution >= 4 is 11.6 Å². The van der Waals surface area contributed by atoms with Crippen LogP contribution in [-0.4, -0.2) is 36.5 Å². The largest absolute Gasteiger partial charge is 0.311 e. The van der Waals surface area contributed by atoms with E-state index in [0.717, 1.165) is 37.7 Å². The first-order valence-electron chi connectivity index (χ1n) is 10.8. The van der Waals surface area contributed by atoms with E-state index in [1.54, 1.807) is 0 Å². The fourth-order valence-electron chi connectivity index (χ4n) is 4.33. The molecule has 1 saturated heterocycles. The third-order valence-electron chi connectivity index (χ3n) is 6.07. The van der Waals surface area contributed by atoms with Crippen LogP contribution < -0.4 is 4.90 Å². The number of hydrogen-bond donors (Lipinski definition) is 0. The molecule has 0 N–H and O–H groups in total. The summed E-state index contributed by atoms with van der Waals surface area (Å²) in [6, 6.07) is 21.4. The van der Waals surface area contributed by atoms with Crippen LogP contribution in [0.4, 0.5) is 5.69 Å². The zero-order chi connectivity index (χ0) is 19.8. The predicted octanol–water partition coefficient (Wildman–Crippen LogP) is 5.16. The minimum absolute atomic E-state index is 0.212. The number of likely N-dealkylation sites (tertiary alicyclic amines) is 1. The lowest BCUT2D eigenvalue weighted by atomic mass is 9.89. The third-order valence-corrected chi connectivity index (χ3v) is 6.07. The fourth-order valence-corrected chi connectivity index (χ4v) is 4.33. The first-order chi connectivity index (χ1) is 13.7. The van der Waals surface area contributed by atoms with Gasteiger partial charge in [-0.2, -0.15) is 0 Å². The molecule has 3 rings (SSSR count). The van der Waals surface area contributed by atoms with E-state index in [2.05, 4.69) is 42.2 Å². The summed E-state index contributed by atoms with van der Waals surface area (Å²) in [6.07, 6.45) is 5.31. The van der Waals surface area contributed by atoms with E-state index in [1.165, 1.54) is 24.8 Å². The van der Waals surface area contributed by atoms with Crippen LogP contribution in [0.2, 0.25) is 0 Å². The van der Waals surface area contributed by atoms with Gasteiger partial charge >= 0.3 is 0 Å². The second-order valence-electron chi connectivity index (χ2n) is 7.92. The van der Waals surface area contributed by atoms with Crippen molar-refractivity contribution in [1.29, 1.82) is 0 Å². The molecule has 1 aliphatic heterocycles. The van der Waals surface area contributed by atoms with Crippen LogP contribution in [0.15, 0.2) is 60.7 Å². The summed E-state index contributed by atoms with van der Waals surface area (Å²) < 4.78 is 0. The minimum atomic E-state index is 0.212. The maximum Gasteiger partial charge on any atom is 0.226 e. The molecular formula is C25H34N2O. The molecule has 3 heteroatoms. The highest BCUT2D eigenvalue weighted by atomic mass is 16.2. The lowest BCUT2D eigenvalue weighted by Gasteiger charge is -2.39. The number of hydrogen-bond acceptors (Lipinski definition) is 2. The molecule has 1 heterocycles. The van der Waals surface area contributed by atoms with E-state index >= 15 is 0 Å². The monoisotopic (exact) mass is 378 g/mol. The van der Waals surface area contributed by atoms with Crippen LogP contribution in [0.25, 0.3) is 0 Å². The van der Waals surface area contributed by atoms with Gasteiger partial charge in [-0.3, -0.25) is 9.69 Å². The van der Waals surface area contributed by atoms with Crippen molar-refractivity contribution < 1.29 is 4.79 Å². The molecule has 0 saturated carbocycles. The molecule has 1 atom stereocenters. The van der Waals surface area contributed by atoms with Crippen LogP contribution in [0.3, 0.4) is 0 Å². The number of rotatable bonds is 8. The molecule has 2 aromatic carbocycles. The Labute approximate surface area is 170 Å². The Hall–Kier alpha value is -2.13. The van der Waals surface area contributed by atoms with Gasteiger partial charge in [-0.25, -0.2) is 0 Å². The average Bonchev–Trinajstić information content (AvgIpc) is 2.76. The van der Waals surface area contributed by atoms with Crippen molar-refractivity contribution in [2.45, 2.75) is 52.0 Å². The Morgan fingerprint density at radius 3 is 2.18 bits per heavy atom. The number of anilines is 1. The standard InChI is InChI=1S/C25H34N2O/c1-3-23(20-27(25(28)4-2)24-13-9-6-10-14-24)26-17-15-22(16-18-26)19-21-11-7-5-8-12-21/h5-14,22-23H,3-4,15-20H2,1-2H3. The van der Waals surface area contributed by atoms with Gasteiger partial charge in [0.05, 0.1) is 0 Å². The zero-order valence-electron chi connectivity index (χ0n) is 17.4. The lowest BCUT2D eigenvalue weighted by Crippen LogP contribution is -2.48. The van der Waals surface area contributed by atoms with Crippen molar-refractivity contribution in [2.75, 3.05) is 24.5 Å². The van der Waals surface area contributed by atoms with Gasteiger partial charge in [0.15, 0.2) is 0 Å². The molecule has 0 aliphatic carbocycles. The Bertz CT molecular complexity index is 708. The van der Waals surface area contributed by atoms with Crippen LogP contribution in [-0.2, 0) is 11.2 Å². The zero-order valence-corrected chi connectivity index (χ0v) is 17.4. The van der Waals surface area contributed by atoms with Crippen LogP contribution in [0.5, 0.6) is 0 Å². The average molecular weight is 379 g/mol. The van der Waals surface area contributed by atoms with Crippen molar-refractivity contribution in [3.8, 4) is 0 Å². The van der Waals surface area contributed by atoms with E-state index < -0.39 is 0 Å². The van der Waals surface area contributed by atoms with Gasteiger partial charge in [0, 0.05) is 24.7 Å². The van der Waals surface area contributed by atoms with Crippen LogP contribution in [0.1, 0.15) is 45.1 Å². The number of amides is 1. The highest BCUT2D eigenvalue weighted by molar-refractivity contribution is 5.93. The van der Waals surface area contributed by atoms with Crippen LogP contribution in [0, 0.1) is 5.92 Å². The topological polar surface area (TPSA) is 23.6 Å². The maximum absolute atomic E-state index is 12.6. The van der Waals surface area contributed by atoms with E-state index in [1.807, 2.05) is 42.2 Å². The molecular weight excluding hydrogens is 344 g/mol. The summed E-state index contributed by atoms with van der Waals surface area (Å²) in [4.78, 5) is 17.2. The molecule has 0 bridgehead atoms. The van der Waals surface area contributed by atoms with Crippen molar-refractivity contribution in [3.63, 3.8) is 0 Å². The second-order valence-corrected chi connectivity index (χ2v) is 7.92. The number of para-hydroxylation sites is 1. The number of piperidine rings is 1. The molecule has 2 aromatic rings. The summed E-state index contributed by atoms with van der Waals surface area (Å²) in [6.45, 7) is 7.27.